The van der Waals surface area contributed by atoms with E-state index in [1.165, 1.54) is 13.0 Å². The average Bonchev–Trinajstić information content (AvgIpc) is 2.84. The van der Waals surface area contributed by atoms with Gasteiger partial charge in [0.15, 0.2) is 0 Å². The van der Waals surface area contributed by atoms with Crippen LogP contribution in [-0.4, -0.2) is 35.2 Å². The summed E-state index contributed by atoms with van der Waals surface area (Å²) in [7, 11) is 0. The number of aliphatic hydroxyl groups is 1. The molecule has 126 valence electrons. The van der Waals surface area contributed by atoms with Crippen LogP contribution in [0.1, 0.15) is 37.0 Å². The fourth-order valence-electron chi connectivity index (χ4n) is 2.77. The zero-order valence-electron chi connectivity index (χ0n) is 12.6. The predicted octanol–water partition coefficient (Wildman–Crippen LogP) is 1.85. The van der Waals surface area contributed by atoms with Crippen molar-refractivity contribution < 1.29 is 28.9 Å². The molecule has 0 aromatic heterocycles. The lowest BCUT2D eigenvalue weighted by atomic mass is 9.86. The first-order chi connectivity index (χ1) is 10.8. The molecule has 1 aromatic carbocycles. The summed E-state index contributed by atoms with van der Waals surface area (Å²) in [6.07, 6.45) is -0.998. The number of carboxylic acid groups (broad SMARTS) is 1. The van der Waals surface area contributed by atoms with Crippen LogP contribution in [0.3, 0.4) is 0 Å². The van der Waals surface area contributed by atoms with Crippen LogP contribution in [0.4, 0.5) is 4.39 Å². The second-order valence-electron chi connectivity index (χ2n) is 5.28. The Morgan fingerprint density at radius 1 is 1.61 bits per heavy atom. The van der Waals surface area contributed by atoms with E-state index in [2.05, 4.69) is 5.32 Å². The zero-order valence-corrected chi connectivity index (χ0v) is 13.4. The van der Waals surface area contributed by atoms with Crippen LogP contribution in [0.15, 0.2) is 6.07 Å². The Balaban J connectivity index is 2.69. The number of benzene rings is 1. The molecule has 0 radical (unpaired) electrons. The lowest BCUT2D eigenvalue weighted by Crippen LogP contribution is -2.27. The molecule has 2 rings (SSSR count). The maximum Gasteiger partial charge on any atom is 0.316 e. The number of carboxylic acids is 1. The number of ether oxygens (including phenoxy) is 1. The van der Waals surface area contributed by atoms with Gasteiger partial charge < -0.3 is 20.3 Å². The Morgan fingerprint density at radius 2 is 2.26 bits per heavy atom. The molecule has 0 aliphatic carbocycles. The van der Waals surface area contributed by atoms with E-state index in [4.69, 9.17) is 16.3 Å². The number of aliphatic carboxylic acids is 1. The Bertz CT molecular complexity index is 649. The number of hydrogen-bond acceptors (Lipinski definition) is 4. The molecular weight excluding hydrogens is 329 g/mol. The fraction of sp³-hybridized carbons (Fsp3) is 0.467. The van der Waals surface area contributed by atoms with Gasteiger partial charge >= 0.3 is 5.97 Å². The topological polar surface area (TPSA) is 95.9 Å². The number of nitrogens with one attached hydrogen (secondary N) is 1. The molecule has 0 bridgehead atoms. The molecule has 23 heavy (non-hydrogen) atoms. The minimum atomic E-state index is -1.44. The number of carbonyl (C=O) groups excluding carboxylic acids is 1. The van der Waals surface area contributed by atoms with Crippen molar-refractivity contribution in [1.29, 1.82) is 0 Å². The first-order valence-electron chi connectivity index (χ1n) is 7.12. The third-order valence-corrected chi connectivity index (χ3v) is 4.07. The van der Waals surface area contributed by atoms with Crippen molar-refractivity contribution in [3.05, 3.63) is 28.0 Å². The Kier molecular flexibility index (Phi) is 5.11. The van der Waals surface area contributed by atoms with Gasteiger partial charge in [0, 0.05) is 23.6 Å². The third kappa shape index (κ3) is 3.11. The highest BCUT2D eigenvalue weighted by Crippen LogP contribution is 2.43. The van der Waals surface area contributed by atoms with Crippen molar-refractivity contribution >= 4 is 23.5 Å². The zero-order chi connectivity index (χ0) is 17.3. The van der Waals surface area contributed by atoms with Gasteiger partial charge in [-0.3, -0.25) is 9.59 Å². The number of rotatable bonds is 5. The van der Waals surface area contributed by atoms with E-state index in [9.17, 15) is 24.2 Å². The molecule has 1 aromatic rings. The lowest BCUT2D eigenvalue weighted by Gasteiger charge is -2.23. The molecule has 6 nitrogen and oxygen atoms in total. The van der Waals surface area contributed by atoms with E-state index in [1.807, 2.05) is 0 Å². The second-order valence-corrected chi connectivity index (χ2v) is 5.69. The summed E-state index contributed by atoms with van der Waals surface area (Å²) in [5, 5.41) is 21.3. The van der Waals surface area contributed by atoms with Gasteiger partial charge in [0.25, 0.3) is 0 Å². The summed E-state index contributed by atoms with van der Waals surface area (Å²) in [6, 6.07) is 1.25. The van der Waals surface area contributed by atoms with E-state index in [0.29, 0.717) is 0 Å². The number of amides is 1. The third-order valence-electron chi connectivity index (χ3n) is 3.79. The molecule has 0 spiro atoms. The van der Waals surface area contributed by atoms with Crippen LogP contribution in [0.25, 0.3) is 0 Å². The minimum absolute atomic E-state index is 0.0390. The van der Waals surface area contributed by atoms with E-state index >= 15 is 0 Å². The Morgan fingerprint density at radius 3 is 2.78 bits per heavy atom. The summed E-state index contributed by atoms with van der Waals surface area (Å²) in [5.41, 5.74) is 0.151. The molecule has 3 N–H and O–H groups in total. The summed E-state index contributed by atoms with van der Waals surface area (Å²) >= 11 is 5.88. The largest absolute Gasteiger partial charge is 0.493 e. The quantitative estimate of drug-likeness (QED) is 0.708. The standard InChI is InChI=1S/C15H17ClFNO5/c1-3-23-13-7(6(2)19)4-9(16)12(17)10(13)8-5-18-14(20)11(8)15(21)22/h4,6,8,11,19H,3,5H2,1-2H3,(H,18,20)(H,21,22)/t6-,8+,11?/m1/s1. The molecule has 1 aliphatic rings. The first kappa shape index (κ1) is 17.5. The van der Waals surface area contributed by atoms with Crippen LogP contribution in [0.5, 0.6) is 5.75 Å². The van der Waals surface area contributed by atoms with Crippen molar-refractivity contribution in [3.63, 3.8) is 0 Å². The normalized spacial score (nSPS) is 21.9. The lowest BCUT2D eigenvalue weighted by molar-refractivity contribution is -0.145. The average molecular weight is 346 g/mol. The van der Waals surface area contributed by atoms with Gasteiger partial charge in [-0.1, -0.05) is 11.6 Å². The molecule has 0 saturated carbocycles. The van der Waals surface area contributed by atoms with Crippen molar-refractivity contribution in [2.24, 2.45) is 5.92 Å². The van der Waals surface area contributed by atoms with Crippen LogP contribution < -0.4 is 10.1 Å². The van der Waals surface area contributed by atoms with Crippen LogP contribution in [0.2, 0.25) is 5.02 Å². The van der Waals surface area contributed by atoms with Crippen LogP contribution >= 0.6 is 11.6 Å². The highest BCUT2D eigenvalue weighted by atomic mass is 35.5. The van der Waals surface area contributed by atoms with Crippen molar-refractivity contribution in [1.82, 2.24) is 5.32 Å². The first-order valence-corrected chi connectivity index (χ1v) is 7.50. The van der Waals surface area contributed by atoms with E-state index < -0.39 is 35.6 Å². The predicted molar refractivity (Wildman–Crippen MR) is 80.1 cm³/mol. The molecule has 1 amide bonds. The fourth-order valence-corrected chi connectivity index (χ4v) is 2.99. The van der Waals surface area contributed by atoms with Gasteiger partial charge in [-0.05, 0) is 19.9 Å². The summed E-state index contributed by atoms with van der Waals surface area (Å²) in [6.45, 7) is 3.27. The van der Waals surface area contributed by atoms with Crippen molar-refractivity contribution in [2.75, 3.05) is 13.2 Å². The van der Waals surface area contributed by atoms with Gasteiger partial charge in [-0.2, -0.15) is 0 Å². The van der Waals surface area contributed by atoms with Crippen molar-refractivity contribution in [3.8, 4) is 5.75 Å². The molecule has 1 unspecified atom stereocenters. The minimum Gasteiger partial charge on any atom is -0.493 e. The Hall–Kier alpha value is -1.86. The maximum absolute atomic E-state index is 14.6. The molecule has 3 atom stereocenters. The van der Waals surface area contributed by atoms with Gasteiger partial charge in [0.1, 0.15) is 17.5 Å². The number of carbonyl (C=O) groups is 2. The SMILES string of the molecule is CCOc1c([C@@H](C)O)cc(Cl)c(F)c1[C@@H]1CNC(=O)C1C(=O)O. The Labute approximate surface area is 137 Å². The monoisotopic (exact) mass is 345 g/mol. The number of aliphatic hydroxyl groups excluding tert-OH is 1. The molecule has 8 heteroatoms. The molecule has 1 saturated heterocycles. The van der Waals surface area contributed by atoms with Gasteiger partial charge in [-0.15, -0.1) is 0 Å². The van der Waals surface area contributed by atoms with Gasteiger partial charge in [0.05, 0.1) is 17.7 Å². The molecular formula is C15H17ClFNO5. The summed E-state index contributed by atoms with van der Waals surface area (Å²) in [5.74, 6) is -5.26. The highest BCUT2D eigenvalue weighted by Gasteiger charge is 2.44. The smallest absolute Gasteiger partial charge is 0.316 e. The number of halogens is 2. The summed E-state index contributed by atoms with van der Waals surface area (Å²) < 4.78 is 20.1. The van der Waals surface area contributed by atoms with E-state index in [-0.39, 0.29) is 35.1 Å². The van der Waals surface area contributed by atoms with Crippen LogP contribution in [0, 0.1) is 11.7 Å². The van der Waals surface area contributed by atoms with Gasteiger partial charge in [-0.25, -0.2) is 4.39 Å². The molecule has 1 fully saturated rings. The number of hydrogen-bond donors (Lipinski definition) is 3. The second kappa shape index (κ2) is 6.72. The van der Waals surface area contributed by atoms with Gasteiger partial charge in [0.2, 0.25) is 5.91 Å². The van der Waals surface area contributed by atoms with Crippen molar-refractivity contribution in [2.45, 2.75) is 25.9 Å². The van der Waals surface area contributed by atoms with Crippen LogP contribution in [-0.2, 0) is 9.59 Å². The molecule has 1 aliphatic heterocycles. The summed E-state index contributed by atoms with van der Waals surface area (Å²) in [4.78, 5) is 23.1. The molecule has 1 heterocycles. The van der Waals surface area contributed by atoms with E-state index in [0.717, 1.165) is 0 Å². The highest BCUT2D eigenvalue weighted by molar-refractivity contribution is 6.31. The van der Waals surface area contributed by atoms with E-state index in [1.54, 1.807) is 6.92 Å². The maximum atomic E-state index is 14.6.